The molecule has 0 saturated carbocycles. The van der Waals surface area contributed by atoms with Gasteiger partial charge in [0.15, 0.2) is 5.15 Å². The van der Waals surface area contributed by atoms with Crippen molar-refractivity contribution in [3.05, 3.63) is 51.0 Å². The van der Waals surface area contributed by atoms with E-state index in [1.165, 1.54) is 38.2 Å². The second-order valence-corrected chi connectivity index (χ2v) is 7.36. The summed E-state index contributed by atoms with van der Waals surface area (Å²) in [5, 5.41) is 0.0270. The zero-order valence-corrected chi connectivity index (χ0v) is 14.3. The van der Waals surface area contributed by atoms with Crippen LogP contribution in [0.1, 0.15) is 11.1 Å². The molecule has 0 amide bonds. The number of benzene rings is 1. The Bertz CT molecular complexity index is 789. The van der Waals surface area contributed by atoms with E-state index < -0.39 is 15.8 Å². The maximum absolute atomic E-state index is 13.3. The summed E-state index contributed by atoms with van der Waals surface area (Å²) in [4.78, 5) is 3.87. The Morgan fingerprint density at radius 2 is 1.81 bits per heavy atom. The third-order valence-corrected chi connectivity index (χ3v) is 5.15. The van der Waals surface area contributed by atoms with Crippen LogP contribution in [0.3, 0.4) is 0 Å². The third-order valence-electron chi connectivity index (χ3n) is 2.74. The minimum atomic E-state index is -3.89. The summed E-state index contributed by atoms with van der Waals surface area (Å²) in [5.74, 6) is -0.480. The van der Waals surface area contributed by atoms with E-state index in [2.05, 4.69) is 25.6 Å². The zero-order valence-electron chi connectivity index (χ0n) is 11.1. The van der Waals surface area contributed by atoms with Crippen LogP contribution in [-0.2, 0) is 10.0 Å². The molecule has 112 valence electrons. The molecule has 0 unspecified atom stereocenters. The van der Waals surface area contributed by atoms with E-state index in [0.29, 0.717) is 15.6 Å². The van der Waals surface area contributed by atoms with Gasteiger partial charge in [0.25, 0.3) is 10.0 Å². The molecule has 0 bridgehead atoms. The van der Waals surface area contributed by atoms with Crippen LogP contribution in [0.2, 0.25) is 5.15 Å². The second-order valence-electron chi connectivity index (χ2n) is 4.47. The molecule has 4 nitrogen and oxygen atoms in total. The van der Waals surface area contributed by atoms with E-state index in [0.717, 1.165) is 0 Å². The molecular formula is C13H11BrClFN2O2S. The molecule has 2 rings (SSSR count). The van der Waals surface area contributed by atoms with Crippen molar-refractivity contribution in [2.75, 3.05) is 4.72 Å². The molecule has 0 spiro atoms. The van der Waals surface area contributed by atoms with Crippen molar-refractivity contribution in [3.8, 4) is 0 Å². The number of anilines is 1. The smallest absolute Gasteiger partial charge is 0.262 e. The first-order valence-electron chi connectivity index (χ1n) is 5.81. The molecule has 1 N–H and O–H groups in total. The van der Waals surface area contributed by atoms with E-state index in [-0.39, 0.29) is 15.7 Å². The van der Waals surface area contributed by atoms with Crippen LogP contribution in [0.5, 0.6) is 0 Å². The lowest BCUT2D eigenvalue weighted by atomic mass is 10.1. The number of halogens is 3. The van der Waals surface area contributed by atoms with Gasteiger partial charge < -0.3 is 0 Å². The van der Waals surface area contributed by atoms with E-state index in [4.69, 9.17) is 11.6 Å². The van der Waals surface area contributed by atoms with Gasteiger partial charge in [-0.25, -0.2) is 17.8 Å². The number of nitrogens with zero attached hydrogens (tertiary/aromatic N) is 1. The first-order valence-corrected chi connectivity index (χ1v) is 8.47. The van der Waals surface area contributed by atoms with Gasteiger partial charge in [-0.3, -0.25) is 4.72 Å². The van der Waals surface area contributed by atoms with Crippen molar-refractivity contribution < 1.29 is 12.8 Å². The number of aromatic nitrogens is 1. The lowest BCUT2D eigenvalue weighted by molar-refractivity contribution is 0.597. The van der Waals surface area contributed by atoms with Crippen LogP contribution in [0.4, 0.5) is 10.1 Å². The number of pyridine rings is 1. The van der Waals surface area contributed by atoms with Crippen molar-refractivity contribution in [1.29, 1.82) is 0 Å². The molecule has 1 heterocycles. The molecule has 21 heavy (non-hydrogen) atoms. The zero-order chi connectivity index (χ0) is 15.8. The Labute approximate surface area is 135 Å². The van der Waals surface area contributed by atoms with Crippen molar-refractivity contribution in [1.82, 2.24) is 4.98 Å². The number of hydrogen-bond donors (Lipinski definition) is 1. The van der Waals surface area contributed by atoms with Gasteiger partial charge in [0.1, 0.15) is 5.82 Å². The predicted octanol–water partition coefficient (Wildman–Crippen LogP) is 4.05. The Hall–Kier alpha value is -1.18. The van der Waals surface area contributed by atoms with Gasteiger partial charge in [-0.15, -0.1) is 0 Å². The van der Waals surface area contributed by atoms with Gasteiger partial charge in [0.05, 0.1) is 10.6 Å². The summed E-state index contributed by atoms with van der Waals surface area (Å²) < 4.78 is 41.2. The van der Waals surface area contributed by atoms with Crippen LogP contribution in [0, 0.1) is 19.7 Å². The summed E-state index contributed by atoms with van der Waals surface area (Å²) >= 11 is 9.07. The number of aryl methyl sites for hydroxylation is 2. The monoisotopic (exact) mass is 392 g/mol. The summed E-state index contributed by atoms with van der Waals surface area (Å²) in [6.07, 6.45) is 1.45. The highest BCUT2D eigenvalue weighted by molar-refractivity contribution is 9.10. The Kier molecular flexibility index (Phi) is 4.55. The van der Waals surface area contributed by atoms with Crippen molar-refractivity contribution in [2.24, 2.45) is 0 Å². The average molecular weight is 394 g/mol. The quantitative estimate of drug-likeness (QED) is 0.800. The van der Waals surface area contributed by atoms with Gasteiger partial charge in [0.2, 0.25) is 0 Å². The van der Waals surface area contributed by atoms with Crippen LogP contribution >= 0.6 is 27.5 Å². The number of nitrogens with one attached hydrogen (secondary N) is 1. The Morgan fingerprint density at radius 1 is 1.24 bits per heavy atom. The topological polar surface area (TPSA) is 59.1 Å². The van der Waals surface area contributed by atoms with Gasteiger partial charge in [-0.05, 0) is 59.1 Å². The van der Waals surface area contributed by atoms with Crippen molar-refractivity contribution in [3.63, 3.8) is 0 Å². The van der Waals surface area contributed by atoms with Crippen molar-refractivity contribution >= 4 is 43.2 Å². The maximum Gasteiger partial charge on any atom is 0.262 e. The van der Waals surface area contributed by atoms with Gasteiger partial charge in [-0.1, -0.05) is 11.6 Å². The van der Waals surface area contributed by atoms with Gasteiger partial charge >= 0.3 is 0 Å². The second kappa shape index (κ2) is 5.90. The summed E-state index contributed by atoms with van der Waals surface area (Å²) in [7, 11) is -3.89. The molecule has 2 aromatic rings. The molecule has 0 atom stereocenters. The van der Waals surface area contributed by atoms with E-state index in [1.54, 1.807) is 0 Å². The summed E-state index contributed by atoms with van der Waals surface area (Å²) in [5.41, 5.74) is 0.785. The van der Waals surface area contributed by atoms with Crippen LogP contribution < -0.4 is 4.72 Å². The average Bonchev–Trinajstić information content (AvgIpc) is 2.31. The maximum atomic E-state index is 13.3. The standard InChI is InChI=1S/C13H11BrClFN2O2S/c1-7-3-10(16)4-8(2)12(7)21(19,20)18-11-5-9(14)6-17-13(11)15/h3-6,18H,1-2H3. The third kappa shape index (κ3) is 3.53. The predicted molar refractivity (Wildman–Crippen MR) is 83.6 cm³/mol. The summed E-state index contributed by atoms with van der Waals surface area (Å²) in [6.45, 7) is 3.07. The molecule has 0 aliphatic carbocycles. The molecule has 1 aromatic carbocycles. The molecule has 0 saturated heterocycles. The fourth-order valence-electron chi connectivity index (χ4n) is 2.01. The normalized spacial score (nSPS) is 11.5. The minimum absolute atomic E-state index is 0.0270. The first kappa shape index (κ1) is 16.2. The SMILES string of the molecule is Cc1cc(F)cc(C)c1S(=O)(=O)Nc1cc(Br)cnc1Cl. The Balaban J connectivity index is 2.51. The number of hydrogen-bond acceptors (Lipinski definition) is 3. The number of sulfonamides is 1. The fourth-order valence-corrected chi connectivity index (χ4v) is 4.06. The van der Waals surface area contributed by atoms with E-state index in [1.807, 2.05) is 0 Å². The molecule has 0 radical (unpaired) electrons. The van der Waals surface area contributed by atoms with Gasteiger partial charge in [0, 0.05) is 10.7 Å². The Morgan fingerprint density at radius 3 is 2.38 bits per heavy atom. The van der Waals surface area contributed by atoms with E-state index >= 15 is 0 Å². The largest absolute Gasteiger partial charge is 0.276 e. The van der Waals surface area contributed by atoms with Crippen LogP contribution in [0.25, 0.3) is 0 Å². The van der Waals surface area contributed by atoms with Gasteiger partial charge in [-0.2, -0.15) is 0 Å². The van der Waals surface area contributed by atoms with Crippen LogP contribution in [-0.4, -0.2) is 13.4 Å². The molecule has 8 heteroatoms. The highest BCUT2D eigenvalue weighted by Gasteiger charge is 2.22. The first-order chi connectivity index (χ1) is 9.70. The molecule has 0 aliphatic heterocycles. The lowest BCUT2D eigenvalue weighted by Crippen LogP contribution is -2.16. The molecule has 1 aromatic heterocycles. The molecule has 0 aliphatic rings. The lowest BCUT2D eigenvalue weighted by Gasteiger charge is -2.13. The number of rotatable bonds is 3. The fraction of sp³-hybridized carbons (Fsp3) is 0.154. The minimum Gasteiger partial charge on any atom is -0.276 e. The highest BCUT2D eigenvalue weighted by Crippen LogP contribution is 2.28. The highest BCUT2D eigenvalue weighted by atomic mass is 79.9. The summed E-state index contributed by atoms with van der Waals surface area (Å²) in [6, 6.07) is 3.84. The van der Waals surface area contributed by atoms with Crippen LogP contribution in [0.15, 0.2) is 33.8 Å². The molecule has 0 fully saturated rings. The van der Waals surface area contributed by atoms with Crippen molar-refractivity contribution in [2.45, 2.75) is 18.7 Å². The molecular weight excluding hydrogens is 383 g/mol. The van der Waals surface area contributed by atoms with E-state index in [9.17, 15) is 12.8 Å².